The van der Waals surface area contributed by atoms with Gasteiger partial charge in [0.05, 0.1) is 5.69 Å². The number of benzene rings is 1. The van der Waals surface area contributed by atoms with E-state index in [9.17, 15) is 9.59 Å². The molecule has 1 fully saturated rings. The van der Waals surface area contributed by atoms with Crippen molar-refractivity contribution in [2.75, 3.05) is 26.8 Å². The largest absolute Gasteiger partial charge is 0.375 e. The Morgan fingerprint density at radius 3 is 2.39 bits per heavy atom. The van der Waals surface area contributed by atoms with E-state index in [1.165, 1.54) is 13.8 Å². The third-order valence-electron chi connectivity index (χ3n) is 5.27. The summed E-state index contributed by atoms with van der Waals surface area (Å²) in [5.41, 5.74) is 4.67. The normalized spacial score (nSPS) is 13.9. The number of aromatic amines is 1. The smallest absolute Gasteiger partial charge is 0.248 e. The molecule has 0 saturated carbocycles. The maximum Gasteiger partial charge on any atom is 0.248 e. The van der Waals surface area contributed by atoms with E-state index >= 15 is 0 Å². The lowest BCUT2D eigenvalue weighted by Gasteiger charge is -2.31. The van der Waals surface area contributed by atoms with E-state index in [1.54, 1.807) is 19.6 Å². The Balaban J connectivity index is 0.000000709. The SMILES string of the molecule is CC(C)=O.COCC(=O)N1CCC(c2[nH]nc(-c3ccc(Cl)cc3)c2-c2ccncn2)CC1. The summed E-state index contributed by atoms with van der Waals surface area (Å²) < 4.78 is 4.98. The van der Waals surface area contributed by atoms with Crippen molar-refractivity contribution in [3.63, 3.8) is 0 Å². The Labute approximate surface area is 198 Å². The summed E-state index contributed by atoms with van der Waals surface area (Å²) in [5, 5.41) is 8.56. The number of halogens is 1. The van der Waals surface area contributed by atoms with E-state index in [0.717, 1.165) is 41.1 Å². The minimum Gasteiger partial charge on any atom is -0.375 e. The summed E-state index contributed by atoms with van der Waals surface area (Å²) in [5.74, 6) is 0.466. The summed E-state index contributed by atoms with van der Waals surface area (Å²) in [4.78, 5) is 31.9. The zero-order chi connectivity index (χ0) is 23.8. The molecule has 8 nitrogen and oxygen atoms in total. The van der Waals surface area contributed by atoms with Crippen molar-refractivity contribution in [1.29, 1.82) is 0 Å². The van der Waals surface area contributed by atoms with Crippen LogP contribution in [0.15, 0.2) is 42.9 Å². The van der Waals surface area contributed by atoms with Gasteiger partial charge in [-0.25, -0.2) is 9.97 Å². The highest BCUT2D eigenvalue weighted by atomic mass is 35.5. The van der Waals surface area contributed by atoms with Gasteiger partial charge in [-0.05, 0) is 44.9 Å². The highest BCUT2D eigenvalue weighted by molar-refractivity contribution is 6.30. The predicted molar refractivity (Wildman–Crippen MR) is 127 cm³/mol. The van der Waals surface area contributed by atoms with Crippen molar-refractivity contribution < 1.29 is 14.3 Å². The number of Topliss-reactive ketones (excluding diaryl/α,β-unsaturated/α-hetero) is 1. The van der Waals surface area contributed by atoms with E-state index in [1.807, 2.05) is 35.2 Å². The molecule has 174 valence electrons. The number of aromatic nitrogens is 4. The van der Waals surface area contributed by atoms with Gasteiger partial charge in [0, 0.05) is 54.2 Å². The molecule has 0 bridgehead atoms. The van der Waals surface area contributed by atoms with Gasteiger partial charge in [0.2, 0.25) is 5.91 Å². The van der Waals surface area contributed by atoms with Crippen molar-refractivity contribution in [1.82, 2.24) is 25.1 Å². The number of hydrogen-bond donors (Lipinski definition) is 1. The van der Waals surface area contributed by atoms with E-state index in [2.05, 4.69) is 20.2 Å². The number of H-pyrrole nitrogens is 1. The highest BCUT2D eigenvalue weighted by Gasteiger charge is 2.29. The van der Waals surface area contributed by atoms with Crippen LogP contribution in [-0.2, 0) is 14.3 Å². The number of carbonyl (C=O) groups excluding carboxylic acids is 2. The zero-order valence-electron chi connectivity index (χ0n) is 19.0. The lowest BCUT2D eigenvalue weighted by Crippen LogP contribution is -2.39. The van der Waals surface area contributed by atoms with E-state index in [0.29, 0.717) is 18.1 Å². The number of carbonyl (C=O) groups is 2. The molecule has 2 aromatic heterocycles. The number of nitrogens with zero attached hydrogens (tertiary/aromatic N) is 4. The van der Waals surface area contributed by atoms with Gasteiger partial charge in [0.25, 0.3) is 0 Å². The van der Waals surface area contributed by atoms with Gasteiger partial charge in [-0.1, -0.05) is 23.7 Å². The first-order valence-corrected chi connectivity index (χ1v) is 11.1. The van der Waals surface area contributed by atoms with E-state index < -0.39 is 0 Å². The molecule has 33 heavy (non-hydrogen) atoms. The van der Waals surface area contributed by atoms with Crippen molar-refractivity contribution in [2.45, 2.75) is 32.6 Å². The second-order valence-corrected chi connectivity index (χ2v) is 8.40. The molecule has 1 amide bonds. The van der Waals surface area contributed by atoms with Crippen LogP contribution in [-0.4, -0.2) is 63.6 Å². The Morgan fingerprint density at radius 1 is 1.15 bits per heavy atom. The molecule has 1 aliphatic heterocycles. The molecule has 0 radical (unpaired) electrons. The number of amides is 1. The maximum absolute atomic E-state index is 12.1. The van der Waals surface area contributed by atoms with Gasteiger partial charge in [-0.15, -0.1) is 0 Å². The Kier molecular flexibility index (Phi) is 8.68. The number of nitrogens with one attached hydrogen (secondary N) is 1. The van der Waals surface area contributed by atoms with Crippen molar-refractivity contribution >= 4 is 23.3 Å². The standard InChI is InChI=1S/C21H22ClN5O2.C3H6O/c1-29-12-18(28)27-10-7-15(8-11-27)21-19(17-6-9-23-13-24-17)20(25-26-21)14-2-4-16(22)5-3-14;1-3(2)4/h2-6,9,13,15H,7-8,10-12H2,1H3,(H,25,26);1-2H3. The molecule has 0 atom stereocenters. The molecule has 0 spiro atoms. The number of piperidine rings is 1. The van der Waals surface area contributed by atoms with E-state index in [4.69, 9.17) is 16.3 Å². The highest BCUT2D eigenvalue weighted by Crippen LogP contribution is 2.39. The molecule has 3 heterocycles. The van der Waals surface area contributed by atoms with Crippen LogP contribution >= 0.6 is 11.6 Å². The zero-order valence-corrected chi connectivity index (χ0v) is 19.8. The van der Waals surface area contributed by atoms with Crippen LogP contribution < -0.4 is 0 Å². The van der Waals surface area contributed by atoms with Gasteiger partial charge in [-0.2, -0.15) is 5.10 Å². The molecule has 1 aromatic carbocycles. The quantitative estimate of drug-likeness (QED) is 0.602. The molecule has 1 aliphatic rings. The van der Waals surface area contributed by atoms with Crippen LogP contribution in [0.4, 0.5) is 0 Å². The average Bonchev–Trinajstić information content (AvgIpc) is 3.25. The predicted octanol–water partition coefficient (Wildman–Crippen LogP) is 4.13. The molecular weight excluding hydrogens is 442 g/mol. The lowest BCUT2D eigenvalue weighted by atomic mass is 9.89. The Morgan fingerprint density at radius 2 is 1.82 bits per heavy atom. The first-order chi connectivity index (χ1) is 15.9. The maximum atomic E-state index is 12.1. The third-order valence-corrected chi connectivity index (χ3v) is 5.53. The van der Waals surface area contributed by atoms with Crippen LogP contribution in [0.5, 0.6) is 0 Å². The Hall–Kier alpha value is -3.10. The van der Waals surface area contributed by atoms with Gasteiger partial charge < -0.3 is 14.4 Å². The van der Waals surface area contributed by atoms with Crippen LogP contribution in [0.3, 0.4) is 0 Å². The van der Waals surface area contributed by atoms with Gasteiger partial charge >= 0.3 is 0 Å². The molecule has 1 saturated heterocycles. The van der Waals surface area contributed by atoms with Crippen LogP contribution in [0, 0.1) is 0 Å². The van der Waals surface area contributed by atoms with Gasteiger partial charge in [0.1, 0.15) is 24.4 Å². The summed E-state index contributed by atoms with van der Waals surface area (Å²) in [6.45, 7) is 4.58. The van der Waals surface area contributed by atoms with Crippen molar-refractivity contribution in [3.8, 4) is 22.5 Å². The summed E-state index contributed by atoms with van der Waals surface area (Å²) in [6.07, 6.45) is 4.99. The van der Waals surface area contributed by atoms with Gasteiger partial charge in [0.15, 0.2) is 0 Å². The second kappa shape index (κ2) is 11.7. The summed E-state index contributed by atoms with van der Waals surface area (Å²) in [6, 6.07) is 9.52. The monoisotopic (exact) mass is 469 g/mol. The minimum absolute atomic E-state index is 0.0356. The van der Waals surface area contributed by atoms with Crippen molar-refractivity contribution in [2.24, 2.45) is 0 Å². The molecule has 0 aliphatic carbocycles. The molecule has 4 rings (SSSR count). The van der Waals surface area contributed by atoms with Gasteiger partial charge in [-0.3, -0.25) is 9.89 Å². The molecule has 3 aromatic rings. The van der Waals surface area contributed by atoms with Crippen LogP contribution in [0.25, 0.3) is 22.5 Å². The minimum atomic E-state index is 0.0356. The van der Waals surface area contributed by atoms with Crippen molar-refractivity contribution in [3.05, 3.63) is 53.6 Å². The average molecular weight is 470 g/mol. The second-order valence-electron chi connectivity index (χ2n) is 7.96. The van der Waals surface area contributed by atoms with Crippen LogP contribution in [0.1, 0.15) is 38.3 Å². The first-order valence-electron chi connectivity index (χ1n) is 10.7. The fourth-order valence-electron chi connectivity index (χ4n) is 3.80. The van der Waals surface area contributed by atoms with Crippen LogP contribution in [0.2, 0.25) is 5.02 Å². The molecule has 1 N–H and O–H groups in total. The third kappa shape index (κ3) is 6.46. The number of ketones is 1. The number of rotatable bonds is 5. The fraction of sp³-hybridized carbons (Fsp3) is 0.375. The number of hydrogen-bond acceptors (Lipinski definition) is 6. The molecular formula is C24H28ClN5O3. The first kappa shape index (κ1) is 24.5. The number of methoxy groups -OCH3 is 1. The summed E-state index contributed by atoms with van der Waals surface area (Å²) >= 11 is 6.05. The topological polar surface area (TPSA) is 101 Å². The number of ether oxygens (including phenoxy) is 1. The fourth-order valence-corrected chi connectivity index (χ4v) is 3.92. The summed E-state index contributed by atoms with van der Waals surface area (Å²) in [7, 11) is 1.54. The molecule has 0 unspecified atom stereocenters. The lowest BCUT2D eigenvalue weighted by molar-refractivity contribution is -0.136. The Bertz CT molecular complexity index is 1060. The number of likely N-dealkylation sites (tertiary alicyclic amines) is 1. The molecule has 9 heteroatoms. The van der Waals surface area contributed by atoms with E-state index in [-0.39, 0.29) is 24.2 Å².